The predicted octanol–water partition coefficient (Wildman–Crippen LogP) is 2.09. The van der Waals surface area contributed by atoms with Gasteiger partial charge in [0.05, 0.1) is 5.75 Å². The molecule has 0 aromatic carbocycles. The zero-order chi connectivity index (χ0) is 14.2. The third-order valence-electron chi connectivity index (χ3n) is 2.87. The maximum atomic E-state index is 12.1. The maximum absolute atomic E-state index is 12.1. The topological polar surface area (TPSA) is 57.6 Å². The van der Waals surface area contributed by atoms with E-state index in [0.29, 0.717) is 31.3 Å². The molecule has 0 saturated heterocycles. The van der Waals surface area contributed by atoms with Crippen molar-refractivity contribution in [3.8, 4) is 0 Å². The van der Waals surface area contributed by atoms with Gasteiger partial charge >= 0.3 is 0 Å². The minimum absolute atomic E-state index is 0.0552. The Balaban J connectivity index is 4.51. The van der Waals surface area contributed by atoms with E-state index < -0.39 is 10.0 Å². The first kappa shape index (κ1) is 17.9. The van der Waals surface area contributed by atoms with Crippen LogP contribution in [0.25, 0.3) is 0 Å². The lowest BCUT2D eigenvalue weighted by Gasteiger charge is -2.23. The highest BCUT2D eigenvalue weighted by Crippen LogP contribution is 2.11. The molecule has 0 aliphatic rings. The van der Waals surface area contributed by atoms with Gasteiger partial charge in [-0.25, -0.2) is 12.7 Å². The Labute approximate surface area is 112 Å². The van der Waals surface area contributed by atoms with Crippen molar-refractivity contribution in [2.24, 2.45) is 11.8 Å². The molecule has 0 aliphatic heterocycles. The monoisotopic (exact) mass is 279 g/mol. The van der Waals surface area contributed by atoms with Gasteiger partial charge in [-0.3, -0.25) is 0 Å². The second-order valence-electron chi connectivity index (χ2n) is 5.66. The SMILES string of the molecule is CC(C)CCN(CCC(C)C)S(=O)(=O)CCCO. The van der Waals surface area contributed by atoms with Crippen molar-refractivity contribution in [3.05, 3.63) is 0 Å². The lowest BCUT2D eigenvalue weighted by Crippen LogP contribution is -2.36. The highest BCUT2D eigenvalue weighted by molar-refractivity contribution is 7.89. The molecule has 0 atom stereocenters. The van der Waals surface area contributed by atoms with Gasteiger partial charge < -0.3 is 5.11 Å². The van der Waals surface area contributed by atoms with E-state index in [1.165, 1.54) is 0 Å². The zero-order valence-electron chi connectivity index (χ0n) is 12.2. The molecule has 5 heteroatoms. The number of aliphatic hydroxyl groups excluding tert-OH is 1. The Morgan fingerprint density at radius 3 is 1.78 bits per heavy atom. The van der Waals surface area contributed by atoms with E-state index in [0.717, 1.165) is 12.8 Å². The molecular formula is C13H29NO3S. The summed E-state index contributed by atoms with van der Waals surface area (Å²) < 4.78 is 25.9. The summed E-state index contributed by atoms with van der Waals surface area (Å²) >= 11 is 0. The smallest absolute Gasteiger partial charge is 0.214 e. The Kier molecular flexibility index (Phi) is 8.82. The van der Waals surface area contributed by atoms with Crippen LogP contribution in [0.3, 0.4) is 0 Å². The van der Waals surface area contributed by atoms with E-state index in [-0.39, 0.29) is 12.4 Å². The standard InChI is InChI=1S/C13H29NO3S/c1-12(2)6-8-14(9-7-13(3)4)18(16,17)11-5-10-15/h12-13,15H,5-11H2,1-4H3. The summed E-state index contributed by atoms with van der Waals surface area (Å²) in [7, 11) is -3.20. The molecule has 0 saturated carbocycles. The van der Waals surface area contributed by atoms with Gasteiger partial charge in [-0.05, 0) is 31.1 Å². The van der Waals surface area contributed by atoms with E-state index >= 15 is 0 Å². The molecule has 0 fully saturated rings. The number of aliphatic hydroxyl groups is 1. The molecule has 0 bridgehead atoms. The van der Waals surface area contributed by atoms with Gasteiger partial charge in [0.25, 0.3) is 0 Å². The molecule has 0 radical (unpaired) electrons. The average Bonchev–Trinajstić information content (AvgIpc) is 2.25. The van der Waals surface area contributed by atoms with E-state index in [4.69, 9.17) is 5.11 Å². The van der Waals surface area contributed by atoms with Crippen LogP contribution in [-0.4, -0.2) is 43.3 Å². The summed E-state index contributed by atoms with van der Waals surface area (Å²) in [6, 6.07) is 0. The quantitative estimate of drug-likeness (QED) is 0.666. The lowest BCUT2D eigenvalue weighted by molar-refractivity contribution is 0.293. The minimum atomic E-state index is -3.20. The summed E-state index contributed by atoms with van der Waals surface area (Å²) in [6.45, 7) is 9.52. The first-order valence-corrected chi connectivity index (χ1v) is 8.49. The second kappa shape index (κ2) is 8.88. The van der Waals surface area contributed by atoms with Gasteiger partial charge in [0.1, 0.15) is 0 Å². The third kappa shape index (κ3) is 8.06. The van der Waals surface area contributed by atoms with Gasteiger partial charge in [-0.15, -0.1) is 0 Å². The number of rotatable bonds is 10. The zero-order valence-corrected chi connectivity index (χ0v) is 13.0. The van der Waals surface area contributed by atoms with Gasteiger partial charge in [-0.2, -0.15) is 0 Å². The van der Waals surface area contributed by atoms with Crippen molar-refractivity contribution >= 4 is 10.0 Å². The van der Waals surface area contributed by atoms with Crippen LogP contribution in [-0.2, 0) is 10.0 Å². The third-order valence-corrected chi connectivity index (χ3v) is 4.82. The van der Waals surface area contributed by atoms with Crippen molar-refractivity contribution in [1.82, 2.24) is 4.31 Å². The van der Waals surface area contributed by atoms with Crippen LogP contribution in [0.2, 0.25) is 0 Å². The van der Waals surface area contributed by atoms with E-state index in [9.17, 15) is 8.42 Å². The highest BCUT2D eigenvalue weighted by Gasteiger charge is 2.21. The van der Waals surface area contributed by atoms with Crippen LogP contribution in [0.1, 0.15) is 47.0 Å². The van der Waals surface area contributed by atoms with Crippen molar-refractivity contribution in [3.63, 3.8) is 0 Å². The molecular weight excluding hydrogens is 250 g/mol. The summed E-state index contributed by atoms with van der Waals surface area (Å²) in [5, 5.41) is 8.76. The predicted molar refractivity (Wildman–Crippen MR) is 76.0 cm³/mol. The van der Waals surface area contributed by atoms with Crippen LogP contribution >= 0.6 is 0 Å². The van der Waals surface area contributed by atoms with E-state index in [1.807, 2.05) is 0 Å². The number of nitrogens with zero attached hydrogens (tertiary/aromatic N) is 1. The normalized spacial score (nSPS) is 12.9. The largest absolute Gasteiger partial charge is 0.396 e. The summed E-state index contributed by atoms with van der Waals surface area (Å²) in [6.07, 6.45) is 2.09. The molecule has 0 aliphatic carbocycles. The first-order valence-electron chi connectivity index (χ1n) is 6.88. The summed E-state index contributed by atoms with van der Waals surface area (Å²) in [4.78, 5) is 0. The molecule has 0 amide bonds. The van der Waals surface area contributed by atoms with Crippen molar-refractivity contribution < 1.29 is 13.5 Å². The van der Waals surface area contributed by atoms with E-state index in [1.54, 1.807) is 4.31 Å². The fourth-order valence-corrected chi connectivity index (χ4v) is 3.09. The van der Waals surface area contributed by atoms with Crippen LogP contribution < -0.4 is 0 Å². The summed E-state index contributed by atoms with van der Waals surface area (Å²) in [5.41, 5.74) is 0. The van der Waals surface area contributed by atoms with Gasteiger partial charge in [0, 0.05) is 19.7 Å². The Bertz CT molecular complexity index is 287. The molecule has 0 heterocycles. The summed E-state index contributed by atoms with van der Waals surface area (Å²) in [5.74, 6) is 1.05. The second-order valence-corrected chi connectivity index (χ2v) is 7.75. The molecule has 0 spiro atoms. The van der Waals surface area contributed by atoms with Gasteiger partial charge in [0.2, 0.25) is 10.0 Å². The van der Waals surface area contributed by atoms with Crippen molar-refractivity contribution in [2.45, 2.75) is 47.0 Å². The number of sulfonamides is 1. The fourth-order valence-electron chi connectivity index (χ4n) is 1.57. The Morgan fingerprint density at radius 1 is 1.00 bits per heavy atom. The van der Waals surface area contributed by atoms with E-state index in [2.05, 4.69) is 27.7 Å². The van der Waals surface area contributed by atoms with Gasteiger partial charge in [0.15, 0.2) is 0 Å². The minimum Gasteiger partial charge on any atom is -0.396 e. The molecule has 110 valence electrons. The molecule has 18 heavy (non-hydrogen) atoms. The molecule has 0 aromatic rings. The maximum Gasteiger partial charge on any atom is 0.214 e. The first-order chi connectivity index (χ1) is 8.29. The lowest BCUT2D eigenvalue weighted by atomic mass is 10.1. The molecule has 0 unspecified atom stereocenters. The van der Waals surface area contributed by atoms with Crippen molar-refractivity contribution in [1.29, 1.82) is 0 Å². The molecule has 0 aromatic heterocycles. The molecule has 1 N–H and O–H groups in total. The molecule has 4 nitrogen and oxygen atoms in total. The highest BCUT2D eigenvalue weighted by atomic mass is 32.2. The van der Waals surface area contributed by atoms with Crippen LogP contribution in [0.5, 0.6) is 0 Å². The molecule has 0 rings (SSSR count). The van der Waals surface area contributed by atoms with Crippen molar-refractivity contribution in [2.75, 3.05) is 25.4 Å². The van der Waals surface area contributed by atoms with Gasteiger partial charge in [-0.1, -0.05) is 27.7 Å². The van der Waals surface area contributed by atoms with Crippen LogP contribution in [0.4, 0.5) is 0 Å². The number of hydrogen-bond donors (Lipinski definition) is 1. The van der Waals surface area contributed by atoms with Crippen LogP contribution in [0, 0.1) is 11.8 Å². The fraction of sp³-hybridized carbons (Fsp3) is 1.00. The Hall–Kier alpha value is -0.130. The number of hydrogen-bond acceptors (Lipinski definition) is 3. The van der Waals surface area contributed by atoms with Crippen LogP contribution in [0.15, 0.2) is 0 Å². The Morgan fingerprint density at radius 2 is 1.44 bits per heavy atom. The average molecular weight is 279 g/mol.